The van der Waals surface area contributed by atoms with E-state index in [0.29, 0.717) is 23.6 Å². The summed E-state index contributed by atoms with van der Waals surface area (Å²) in [6, 6.07) is 9.42. The Hall–Kier alpha value is -1.22. The average molecular weight is 485 g/mol. The minimum atomic E-state index is -3.56. The Labute approximate surface area is 179 Å². The van der Waals surface area contributed by atoms with E-state index in [9.17, 15) is 13.2 Å². The number of sulfonamides is 1. The van der Waals surface area contributed by atoms with Gasteiger partial charge < -0.3 is 5.32 Å². The highest BCUT2D eigenvalue weighted by Crippen LogP contribution is 2.31. The van der Waals surface area contributed by atoms with Crippen molar-refractivity contribution in [2.24, 2.45) is 5.92 Å². The van der Waals surface area contributed by atoms with Crippen molar-refractivity contribution in [3.63, 3.8) is 0 Å². The molecule has 0 saturated carbocycles. The molecule has 1 saturated heterocycles. The number of hydrogen-bond acceptors (Lipinski definition) is 4. The van der Waals surface area contributed by atoms with E-state index in [0.717, 1.165) is 33.4 Å². The lowest BCUT2D eigenvalue weighted by molar-refractivity contribution is -0.120. The van der Waals surface area contributed by atoms with Crippen molar-refractivity contribution < 1.29 is 13.2 Å². The first-order chi connectivity index (χ1) is 13.4. The van der Waals surface area contributed by atoms with E-state index in [4.69, 9.17) is 0 Å². The number of carbonyl (C=O) groups excluding carboxylic acids is 1. The molecular weight excluding hydrogens is 460 g/mol. The summed E-state index contributed by atoms with van der Waals surface area (Å²) in [4.78, 5) is 13.0. The summed E-state index contributed by atoms with van der Waals surface area (Å²) >= 11 is 4.52. The predicted octanol–water partition coefficient (Wildman–Crippen LogP) is 4.67. The molecule has 152 valence electrons. The second-order valence-electron chi connectivity index (χ2n) is 6.91. The van der Waals surface area contributed by atoms with Crippen LogP contribution in [0.1, 0.15) is 37.8 Å². The fourth-order valence-corrected chi connectivity index (χ4v) is 7.25. The molecule has 1 aromatic heterocycles. The largest absolute Gasteiger partial charge is 0.325 e. The molecule has 5 nitrogen and oxygen atoms in total. The van der Waals surface area contributed by atoms with Gasteiger partial charge >= 0.3 is 0 Å². The minimum Gasteiger partial charge on any atom is -0.325 e. The van der Waals surface area contributed by atoms with E-state index in [1.807, 2.05) is 18.2 Å². The SMILES string of the molecule is CCc1cccc(CC)c1NC(=O)C1CCCN(S(=O)(=O)c2ccc(Br)s2)C1. The van der Waals surface area contributed by atoms with Crippen molar-refractivity contribution in [1.82, 2.24) is 4.31 Å². The van der Waals surface area contributed by atoms with Gasteiger partial charge in [-0.3, -0.25) is 4.79 Å². The van der Waals surface area contributed by atoms with Crippen molar-refractivity contribution in [2.45, 2.75) is 43.7 Å². The summed E-state index contributed by atoms with van der Waals surface area (Å²) in [5, 5.41) is 3.10. The van der Waals surface area contributed by atoms with E-state index >= 15 is 0 Å². The number of aryl methyl sites for hydroxylation is 2. The highest BCUT2D eigenvalue weighted by Gasteiger charge is 2.34. The van der Waals surface area contributed by atoms with Crippen LogP contribution in [0.2, 0.25) is 0 Å². The lowest BCUT2D eigenvalue weighted by Crippen LogP contribution is -2.43. The van der Waals surface area contributed by atoms with E-state index in [1.54, 1.807) is 12.1 Å². The summed E-state index contributed by atoms with van der Waals surface area (Å²) in [7, 11) is -3.56. The second kappa shape index (κ2) is 9.07. The molecule has 1 N–H and O–H groups in total. The third-order valence-electron chi connectivity index (χ3n) is 5.14. The molecule has 1 aliphatic heterocycles. The number of anilines is 1. The Morgan fingerprint density at radius 1 is 1.21 bits per heavy atom. The van der Waals surface area contributed by atoms with Gasteiger partial charge in [0.25, 0.3) is 10.0 Å². The number of carbonyl (C=O) groups is 1. The normalized spacial score (nSPS) is 18.2. The van der Waals surface area contributed by atoms with Crippen LogP contribution in [0, 0.1) is 5.92 Å². The molecule has 1 atom stereocenters. The van der Waals surface area contributed by atoms with Gasteiger partial charge in [0.1, 0.15) is 4.21 Å². The summed E-state index contributed by atoms with van der Waals surface area (Å²) in [6.45, 7) is 4.81. The van der Waals surface area contributed by atoms with Gasteiger partial charge in [-0.1, -0.05) is 32.0 Å². The first-order valence-corrected chi connectivity index (χ1v) is 12.6. The smallest absolute Gasteiger partial charge is 0.252 e. The van der Waals surface area contributed by atoms with Crippen LogP contribution in [0.25, 0.3) is 0 Å². The summed E-state index contributed by atoms with van der Waals surface area (Å²) in [5.41, 5.74) is 3.10. The van der Waals surface area contributed by atoms with Crippen molar-refractivity contribution in [2.75, 3.05) is 18.4 Å². The Morgan fingerprint density at radius 2 is 1.89 bits per heavy atom. The Morgan fingerprint density at radius 3 is 2.46 bits per heavy atom. The van der Waals surface area contributed by atoms with Gasteiger partial charge in [0.05, 0.1) is 9.70 Å². The molecular formula is C20H25BrN2O3S2. The number of halogens is 1. The molecule has 0 spiro atoms. The molecule has 2 aromatic rings. The zero-order chi connectivity index (χ0) is 20.3. The van der Waals surface area contributed by atoms with Crippen LogP contribution in [-0.4, -0.2) is 31.7 Å². The molecule has 2 heterocycles. The molecule has 8 heteroatoms. The Balaban J connectivity index is 1.77. The van der Waals surface area contributed by atoms with Gasteiger partial charge in [0, 0.05) is 18.8 Å². The van der Waals surface area contributed by atoms with Gasteiger partial charge in [-0.2, -0.15) is 4.31 Å². The summed E-state index contributed by atoms with van der Waals surface area (Å²) < 4.78 is 28.4. The third-order valence-corrected chi connectivity index (χ3v) is 9.10. The number of benzene rings is 1. The number of piperidine rings is 1. The molecule has 1 aromatic carbocycles. The number of amides is 1. The van der Waals surface area contributed by atoms with Crippen LogP contribution in [0.15, 0.2) is 38.3 Å². The lowest BCUT2D eigenvalue weighted by Gasteiger charge is -2.31. The standard InChI is InChI=1S/C20H25BrN2O3S2/c1-3-14-7-5-8-15(4-2)19(14)22-20(24)16-9-6-12-23(13-16)28(25,26)18-11-10-17(21)27-18/h5,7-8,10-11,16H,3-4,6,9,12-13H2,1-2H3,(H,22,24). The maximum atomic E-state index is 13.0. The van der Waals surface area contributed by atoms with E-state index in [2.05, 4.69) is 35.1 Å². The van der Waals surface area contributed by atoms with Gasteiger partial charge in [-0.25, -0.2) is 8.42 Å². The van der Waals surface area contributed by atoms with Crippen molar-refractivity contribution in [3.8, 4) is 0 Å². The van der Waals surface area contributed by atoms with Crippen LogP contribution < -0.4 is 5.32 Å². The molecule has 3 rings (SSSR count). The van der Waals surface area contributed by atoms with Crippen LogP contribution in [0.3, 0.4) is 0 Å². The fourth-order valence-electron chi connectivity index (χ4n) is 3.57. The molecule has 0 aliphatic carbocycles. The monoisotopic (exact) mass is 484 g/mol. The number of hydrogen-bond donors (Lipinski definition) is 1. The Kier molecular flexibility index (Phi) is 6.96. The van der Waals surface area contributed by atoms with E-state index in [-0.39, 0.29) is 18.4 Å². The van der Waals surface area contributed by atoms with Crippen molar-refractivity contribution in [3.05, 3.63) is 45.2 Å². The van der Waals surface area contributed by atoms with Crippen molar-refractivity contribution in [1.29, 1.82) is 0 Å². The van der Waals surface area contributed by atoms with Crippen LogP contribution in [0.5, 0.6) is 0 Å². The zero-order valence-corrected chi connectivity index (χ0v) is 19.3. The highest BCUT2D eigenvalue weighted by atomic mass is 79.9. The fraction of sp³-hybridized carbons (Fsp3) is 0.450. The maximum absolute atomic E-state index is 13.0. The third kappa shape index (κ3) is 4.50. The van der Waals surface area contributed by atoms with Gasteiger partial charge in [-0.05, 0) is 64.9 Å². The zero-order valence-electron chi connectivity index (χ0n) is 16.1. The minimum absolute atomic E-state index is 0.0946. The molecule has 1 unspecified atom stereocenters. The maximum Gasteiger partial charge on any atom is 0.252 e. The first-order valence-electron chi connectivity index (χ1n) is 9.54. The topological polar surface area (TPSA) is 66.5 Å². The molecule has 0 bridgehead atoms. The molecule has 1 amide bonds. The molecule has 0 radical (unpaired) electrons. The summed E-state index contributed by atoms with van der Waals surface area (Å²) in [5.74, 6) is -0.440. The number of nitrogens with one attached hydrogen (secondary N) is 1. The van der Waals surface area contributed by atoms with Crippen molar-refractivity contribution >= 4 is 48.9 Å². The average Bonchev–Trinajstić information content (AvgIpc) is 3.15. The van der Waals surface area contributed by atoms with Crippen LogP contribution in [0.4, 0.5) is 5.69 Å². The molecule has 1 fully saturated rings. The van der Waals surface area contributed by atoms with Crippen LogP contribution >= 0.6 is 27.3 Å². The first kappa shape index (κ1) is 21.5. The van der Waals surface area contributed by atoms with E-state index in [1.165, 1.54) is 15.6 Å². The molecule has 1 aliphatic rings. The molecule has 28 heavy (non-hydrogen) atoms. The Bertz CT molecular complexity index is 934. The van der Waals surface area contributed by atoms with Crippen LogP contribution in [-0.2, 0) is 27.7 Å². The van der Waals surface area contributed by atoms with Gasteiger partial charge in [0.2, 0.25) is 5.91 Å². The lowest BCUT2D eigenvalue weighted by atomic mass is 9.97. The number of thiophene rings is 1. The number of para-hydroxylation sites is 1. The second-order valence-corrected chi connectivity index (χ2v) is 11.5. The predicted molar refractivity (Wildman–Crippen MR) is 117 cm³/mol. The van der Waals surface area contributed by atoms with E-state index < -0.39 is 10.0 Å². The van der Waals surface area contributed by atoms with Gasteiger partial charge in [-0.15, -0.1) is 11.3 Å². The quantitative estimate of drug-likeness (QED) is 0.647. The summed E-state index contributed by atoms with van der Waals surface area (Å²) in [6.07, 6.45) is 3.05. The highest BCUT2D eigenvalue weighted by molar-refractivity contribution is 9.11. The number of nitrogens with zero attached hydrogens (tertiary/aromatic N) is 1. The number of rotatable bonds is 6. The van der Waals surface area contributed by atoms with Gasteiger partial charge in [0.15, 0.2) is 0 Å².